The first-order valence-electron chi connectivity index (χ1n) is 8.94. The Hall–Kier alpha value is -2.62. The van der Waals surface area contributed by atoms with E-state index < -0.39 is 0 Å². The van der Waals surface area contributed by atoms with Crippen LogP contribution in [0.15, 0.2) is 78.9 Å². The van der Waals surface area contributed by atoms with Crippen molar-refractivity contribution in [2.75, 3.05) is 12.4 Å². The summed E-state index contributed by atoms with van der Waals surface area (Å²) < 4.78 is 0. The minimum atomic E-state index is -0.284. The number of anilines is 1. The van der Waals surface area contributed by atoms with Crippen LogP contribution >= 0.6 is 11.6 Å². The van der Waals surface area contributed by atoms with Crippen LogP contribution in [0.3, 0.4) is 0 Å². The number of nitrogens with zero attached hydrogens (tertiary/aromatic N) is 1. The fraction of sp³-hybridized carbons (Fsp3) is 0.174. The zero-order valence-corrected chi connectivity index (χ0v) is 16.3. The van der Waals surface area contributed by atoms with Crippen LogP contribution in [-0.4, -0.2) is 23.9 Å². The Morgan fingerprint density at radius 3 is 2.44 bits per heavy atom. The second kappa shape index (κ2) is 8.85. The number of nitrogens with one attached hydrogen (secondary N) is 1. The third-order valence-electron chi connectivity index (χ3n) is 4.63. The fourth-order valence-corrected chi connectivity index (χ4v) is 3.17. The van der Waals surface area contributed by atoms with Crippen LogP contribution < -0.4 is 5.32 Å². The van der Waals surface area contributed by atoms with Crippen molar-refractivity contribution in [2.24, 2.45) is 0 Å². The van der Waals surface area contributed by atoms with E-state index in [9.17, 15) is 4.79 Å². The number of rotatable bonds is 6. The van der Waals surface area contributed by atoms with Crippen molar-refractivity contribution in [3.05, 3.63) is 89.4 Å². The van der Waals surface area contributed by atoms with E-state index >= 15 is 0 Å². The lowest BCUT2D eigenvalue weighted by atomic mass is 10.0. The molecule has 0 fully saturated rings. The molecule has 0 spiro atoms. The van der Waals surface area contributed by atoms with Crippen LogP contribution in [0.25, 0.3) is 11.1 Å². The minimum absolute atomic E-state index is 0.0390. The highest BCUT2D eigenvalue weighted by Crippen LogP contribution is 2.27. The molecule has 1 amide bonds. The van der Waals surface area contributed by atoms with Crippen LogP contribution in [0.4, 0.5) is 5.69 Å². The summed E-state index contributed by atoms with van der Waals surface area (Å²) >= 11 is 6.06. The van der Waals surface area contributed by atoms with Gasteiger partial charge in [0.05, 0.1) is 6.04 Å². The van der Waals surface area contributed by atoms with Gasteiger partial charge >= 0.3 is 0 Å². The van der Waals surface area contributed by atoms with Crippen molar-refractivity contribution in [1.82, 2.24) is 4.90 Å². The van der Waals surface area contributed by atoms with E-state index in [-0.39, 0.29) is 11.9 Å². The lowest BCUT2D eigenvalue weighted by molar-refractivity contribution is -0.120. The highest BCUT2D eigenvalue weighted by molar-refractivity contribution is 6.30. The molecule has 0 heterocycles. The molecule has 0 saturated carbocycles. The molecule has 0 unspecified atom stereocenters. The Kier molecular flexibility index (Phi) is 6.28. The van der Waals surface area contributed by atoms with Gasteiger partial charge in [0.1, 0.15) is 0 Å². The molecule has 3 rings (SSSR count). The molecular formula is C23H23ClN2O. The van der Waals surface area contributed by atoms with E-state index in [0.717, 1.165) is 22.4 Å². The second-order valence-corrected chi connectivity index (χ2v) is 7.06. The number of hydrogen-bond acceptors (Lipinski definition) is 2. The number of amides is 1. The highest BCUT2D eigenvalue weighted by Gasteiger charge is 2.19. The number of carbonyl (C=O) groups excluding carboxylic acids is 1. The molecule has 3 nitrogen and oxygen atoms in total. The largest absolute Gasteiger partial charge is 0.324 e. The highest BCUT2D eigenvalue weighted by atomic mass is 35.5. The van der Waals surface area contributed by atoms with Crippen LogP contribution in [0.1, 0.15) is 12.5 Å². The van der Waals surface area contributed by atoms with Crippen molar-refractivity contribution in [3.8, 4) is 11.1 Å². The topological polar surface area (TPSA) is 32.3 Å². The van der Waals surface area contributed by atoms with Gasteiger partial charge < -0.3 is 5.32 Å². The van der Waals surface area contributed by atoms with Gasteiger partial charge in [0, 0.05) is 22.8 Å². The molecular weight excluding hydrogens is 356 g/mol. The van der Waals surface area contributed by atoms with Crippen LogP contribution in [0.2, 0.25) is 5.02 Å². The Morgan fingerprint density at radius 1 is 1.00 bits per heavy atom. The molecule has 27 heavy (non-hydrogen) atoms. The lowest BCUT2D eigenvalue weighted by Crippen LogP contribution is -2.39. The van der Waals surface area contributed by atoms with Crippen molar-refractivity contribution in [1.29, 1.82) is 0 Å². The summed E-state index contributed by atoms with van der Waals surface area (Å²) in [6.07, 6.45) is 0. The average Bonchev–Trinajstić information content (AvgIpc) is 2.68. The van der Waals surface area contributed by atoms with Gasteiger partial charge in [0.2, 0.25) is 5.91 Å². The summed E-state index contributed by atoms with van der Waals surface area (Å²) in [5, 5.41) is 3.78. The van der Waals surface area contributed by atoms with Gasteiger partial charge in [-0.25, -0.2) is 0 Å². The Bertz CT molecular complexity index is 911. The quantitative estimate of drug-likeness (QED) is 0.617. The van der Waals surface area contributed by atoms with Gasteiger partial charge in [-0.05, 0) is 43.3 Å². The van der Waals surface area contributed by atoms with E-state index in [2.05, 4.69) is 5.32 Å². The number of hydrogen-bond donors (Lipinski definition) is 1. The summed E-state index contributed by atoms with van der Waals surface area (Å²) in [5.41, 5.74) is 3.98. The molecule has 4 heteroatoms. The molecule has 0 radical (unpaired) electrons. The monoisotopic (exact) mass is 378 g/mol. The summed E-state index contributed by atoms with van der Waals surface area (Å²) in [6.45, 7) is 2.56. The third-order valence-corrected chi connectivity index (χ3v) is 4.87. The van der Waals surface area contributed by atoms with Gasteiger partial charge in [-0.2, -0.15) is 0 Å². The van der Waals surface area contributed by atoms with E-state index in [4.69, 9.17) is 11.6 Å². The first-order chi connectivity index (χ1) is 13.0. The lowest BCUT2D eigenvalue weighted by Gasteiger charge is -2.24. The number of likely N-dealkylation sites (N-methyl/N-ethyl adjacent to an activating group) is 1. The average molecular weight is 379 g/mol. The maximum Gasteiger partial charge on any atom is 0.241 e. The Balaban J connectivity index is 1.72. The molecule has 3 aromatic rings. The maximum absolute atomic E-state index is 12.8. The molecule has 1 N–H and O–H groups in total. The van der Waals surface area contributed by atoms with Gasteiger partial charge in [-0.15, -0.1) is 0 Å². The maximum atomic E-state index is 12.8. The van der Waals surface area contributed by atoms with Crippen molar-refractivity contribution in [3.63, 3.8) is 0 Å². The third kappa shape index (κ3) is 4.97. The SMILES string of the molecule is C[C@@H](C(=O)Nc1ccccc1-c1ccccc1)N(C)Cc1cccc(Cl)c1. The Labute approximate surface area is 165 Å². The molecule has 0 aliphatic rings. The van der Waals surface area contributed by atoms with Crippen LogP contribution in [-0.2, 0) is 11.3 Å². The van der Waals surface area contributed by atoms with Crippen molar-refractivity contribution < 1.29 is 4.79 Å². The number of halogens is 1. The molecule has 0 saturated heterocycles. The predicted molar refractivity (Wildman–Crippen MR) is 113 cm³/mol. The van der Waals surface area contributed by atoms with Crippen LogP contribution in [0.5, 0.6) is 0 Å². The summed E-state index contributed by atoms with van der Waals surface area (Å²) in [5.74, 6) is -0.0390. The van der Waals surface area contributed by atoms with E-state index in [1.807, 2.05) is 97.7 Å². The first kappa shape index (κ1) is 19.2. The van der Waals surface area contributed by atoms with Gasteiger partial charge in [0.15, 0.2) is 0 Å². The van der Waals surface area contributed by atoms with Crippen molar-refractivity contribution in [2.45, 2.75) is 19.5 Å². The van der Waals surface area contributed by atoms with E-state index in [1.165, 1.54) is 0 Å². The van der Waals surface area contributed by atoms with Gasteiger partial charge in [-0.1, -0.05) is 72.3 Å². The van der Waals surface area contributed by atoms with Crippen LogP contribution in [0, 0.1) is 0 Å². The number of benzene rings is 3. The molecule has 0 bridgehead atoms. The standard InChI is InChI=1S/C23H23ClN2O/c1-17(26(2)16-18-9-8-12-20(24)15-18)23(27)25-22-14-7-6-13-21(22)19-10-4-3-5-11-19/h3-15,17H,16H2,1-2H3,(H,25,27)/t17-/m0/s1. The molecule has 138 valence electrons. The summed E-state index contributed by atoms with van der Waals surface area (Å²) in [7, 11) is 1.94. The Morgan fingerprint density at radius 2 is 1.70 bits per heavy atom. The molecule has 0 aromatic heterocycles. The minimum Gasteiger partial charge on any atom is -0.324 e. The molecule has 0 aliphatic heterocycles. The zero-order chi connectivity index (χ0) is 19.2. The van der Waals surface area contributed by atoms with E-state index in [1.54, 1.807) is 0 Å². The number of para-hydroxylation sites is 1. The fourth-order valence-electron chi connectivity index (χ4n) is 2.96. The normalized spacial score (nSPS) is 12.0. The van der Waals surface area contributed by atoms with Gasteiger partial charge in [0.25, 0.3) is 0 Å². The van der Waals surface area contributed by atoms with Crippen molar-refractivity contribution >= 4 is 23.2 Å². The molecule has 3 aromatic carbocycles. The second-order valence-electron chi connectivity index (χ2n) is 6.62. The number of carbonyl (C=O) groups is 1. The summed E-state index contributed by atoms with van der Waals surface area (Å²) in [4.78, 5) is 14.8. The molecule has 1 atom stereocenters. The van der Waals surface area contributed by atoms with Gasteiger partial charge in [-0.3, -0.25) is 9.69 Å². The smallest absolute Gasteiger partial charge is 0.241 e. The first-order valence-corrected chi connectivity index (χ1v) is 9.32. The summed E-state index contributed by atoms with van der Waals surface area (Å²) in [6, 6.07) is 25.3. The van der Waals surface area contributed by atoms with E-state index in [0.29, 0.717) is 11.6 Å². The zero-order valence-electron chi connectivity index (χ0n) is 15.5. The predicted octanol–water partition coefficient (Wildman–Crippen LogP) is 5.47. The molecule has 0 aliphatic carbocycles.